The van der Waals surface area contributed by atoms with Crippen molar-refractivity contribution in [2.75, 3.05) is 0 Å². The lowest BCUT2D eigenvalue weighted by Gasteiger charge is -2.02. The molecule has 6 heteroatoms. The Bertz CT molecular complexity index is 494. The van der Waals surface area contributed by atoms with Crippen LogP contribution in [0.1, 0.15) is 5.56 Å². The SMILES string of the molecule is N#CC(=CC(=O)O)c1c(F)cc(F)cc1F. The Morgan fingerprint density at radius 3 is 2.19 bits per heavy atom. The molecule has 16 heavy (non-hydrogen) atoms. The van der Waals surface area contributed by atoms with Crippen molar-refractivity contribution in [1.82, 2.24) is 0 Å². The topological polar surface area (TPSA) is 61.1 Å². The van der Waals surface area contributed by atoms with Gasteiger partial charge in [0.2, 0.25) is 0 Å². The number of carbonyl (C=O) groups is 1. The number of carboxylic acids is 1. The second-order valence-electron chi connectivity index (χ2n) is 2.75. The number of aliphatic carboxylic acids is 1. The van der Waals surface area contributed by atoms with Gasteiger partial charge in [-0.1, -0.05) is 0 Å². The van der Waals surface area contributed by atoms with E-state index in [0.29, 0.717) is 18.2 Å². The zero-order valence-corrected chi connectivity index (χ0v) is 7.67. The molecule has 3 nitrogen and oxygen atoms in total. The van der Waals surface area contributed by atoms with Crippen LogP contribution < -0.4 is 0 Å². The molecule has 0 aliphatic heterocycles. The van der Waals surface area contributed by atoms with Gasteiger partial charge in [-0.25, -0.2) is 18.0 Å². The fourth-order valence-corrected chi connectivity index (χ4v) is 1.08. The van der Waals surface area contributed by atoms with Gasteiger partial charge in [0.25, 0.3) is 0 Å². The van der Waals surface area contributed by atoms with Gasteiger partial charge >= 0.3 is 5.97 Å². The number of allylic oxidation sites excluding steroid dienone is 1. The van der Waals surface area contributed by atoms with Gasteiger partial charge in [-0.15, -0.1) is 0 Å². The van der Waals surface area contributed by atoms with Crippen LogP contribution in [0, 0.1) is 28.8 Å². The van der Waals surface area contributed by atoms with Crippen molar-refractivity contribution in [3.63, 3.8) is 0 Å². The van der Waals surface area contributed by atoms with E-state index in [4.69, 9.17) is 10.4 Å². The van der Waals surface area contributed by atoms with Crippen LogP contribution in [0.15, 0.2) is 18.2 Å². The molecule has 0 atom stereocenters. The van der Waals surface area contributed by atoms with E-state index in [1.165, 1.54) is 6.07 Å². The molecular formula is C10H4F3NO2. The van der Waals surface area contributed by atoms with Crippen LogP contribution in [-0.2, 0) is 4.79 Å². The molecule has 82 valence electrons. The maximum atomic E-state index is 13.1. The van der Waals surface area contributed by atoms with Crippen LogP contribution in [0.25, 0.3) is 5.57 Å². The molecule has 0 heterocycles. The number of nitriles is 1. The van der Waals surface area contributed by atoms with Crippen LogP contribution in [0.2, 0.25) is 0 Å². The molecule has 1 aromatic rings. The minimum atomic E-state index is -1.53. The van der Waals surface area contributed by atoms with E-state index < -0.39 is 34.6 Å². The Hall–Kier alpha value is -2.29. The van der Waals surface area contributed by atoms with Gasteiger partial charge in [0.1, 0.15) is 23.5 Å². The molecule has 0 radical (unpaired) electrons. The van der Waals surface area contributed by atoms with Crippen molar-refractivity contribution in [2.24, 2.45) is 0 Å². The van der Waals surface area contributed by atoms with Crippen LogP contribution in [0.4, 0.5) is 13.2 Å². The molecule has 0 amide bonds. The summed E-state index contributed by atoms with van der Waals surface area (Å²) in [4.78, 5) is 10.3. The third kappa shape index (κ3) is 2.39. The summed E-state index contributed by atoms with van der Waals surface area (Å²) in [7, 11) is 0. The van der Waals surface area contributed by atoms with Crippen LogP contribution in [-0.4, -0.2) is 11.1 Å². The summed E-state index contributed by atoms with van der Waals surface area (Å²) in [5.74, 6) is -5.33. The second-order valence-corrected chi connectivity index (χ2v) is 2.75. The summed E-state index contributed by atoms with van der Waals surface area (Å²) in [6.07, 6.45) is 0.347. The predicted octanol–water partition coefficient (Wildman–Crippen LogP) is 2.10. The summed E-state index contributed by atoms with van der Waals surface area (Å²) < 4.78 is 38.8. The van der Waals surface area contributed by atoms with Gasteiger partial charge < -0.3 is 5.11 Å². The zero-order chi connectivity index (χ0) is 12.3. The Morgan fingerprint density at radius 2 is 1.81 bits per heavy atom. The van der Waals surface area contributed by atoms with Crippen molar-refractivity contribution in [2.45, 2.75) is 0 Å². The minimum Gasteiger partial charge on any atom is -0.478 e. The Balaban J connectivity index is 3.44. The highest BCUT2D eigenvalue weighted by Crippen LogP contribution is 2.22. The number of hydrogen-bond donors (Lipinski definition) is 1. The first-order valence-corrected chi connectivity index (χ1v) is 3.95. The average molecular weight is 227 g/mol. The average Bonchev–Trinajstić information content (AvgIpc) is 2.13. The first-order chi connectivity index (χ1) is 7.45. The fraction of sp³-hybridized carbons (Fsp3) is 0. The monoisotopic (exact) mass is 227 g/mol. The molecule has 0 bridgehead atoms. The van der Waals surface area contributed by atoms with Gasteiger partial charge in [0, 0.05) is 18.2 Å². The van der Waals surface area contributed by atoms with Crippen LogP contribution in [0.3, 0.4) is 0 Å². The van der Waals surface area contributed by atoms with Crippen molar-refractivity contribution in [3.05, 3.63) is 41.2 Å². The molecular weight excluding hydrogens is 223 g/mol. The number of benzene rings is 1. The summed E-state index contributed by atoms with van der Waals surface area (Å²) in [6, 6.07) is 2.06. The highest BCUT2D eigenvalue weighted by atomic mass is 19.1. The zero-order valence-electron chi connectivity index (χ0n) is 7.67. The number of halogens is 3. The Labute approximate surface area is 88.0 Å². The standard InChI is InChI=1S/C10H4F3NO2/c11-6-2-7(12)10(8(13)3-6)5(4-14)1-9(15)16/h1-3H,(H,15,16). The number of nitrogens with zero attached hydrogens (tertiary/aromatic N) is 1. The molecule has 1 aromatic carbocycles. The van der Waals surface area contributed by atoms with E-state index >= 15 is 0 Å². The third-order valence-corrected chi connectivity index (χ3v) is 1.66. The summed E-state index contributed by atoms with van der Waals surface area (Å²) in [5, 5.41) is 16.9. The quantitative estimate of drug-likeness (QED) is 0.621. The maximum absolute atomic E-state index is 13.1. The normalized spacial score (nSPS) is 11.0. The summed E-state index contributed by atoms with van der Waals surface area (Å²) in [5.41, 5.74) is -1.58. The van der Waals surface area contributed by atoms with Gasteiger partial charge in [0.15, 0.2) is 0 Å². The molecule has 0 aromatic heterocycles. The molecule has 1 rings (SSSR count). The Kier molecular flexibility index (Phi) is 3.30. The van der Waals surface area contributed by atoms with Crippen LogP contribution in [0.5, 0.6) is 0 Å². The molecule has 0 aliphatic carbocycles. The van der Waals surface area contributed by atoms with E-state index in [1.807, 2.05) is 0 Å². The Morgan fingerprint density at radius 1 is 1.31 bits per heavy atom. The first-order valence-electron chi connectivity index (χ1n) is 3.95. The number of carboxylic acid groups (broad SMARTS) is 1. The van der Waals surface area contributed by atoms with Crippen molar-refractivity contribution < 1.29 is 23.1 Å². The summed E-state index contributed by atoms with van der Waals surface area (Å²) in [6.45, 7) is 0. The third-order valence-electron chi connectivity index (χ3n) is 1.66. The molecule has 0 aliphatic rings. The minimum absolute atomic E-state index is 0.347. The fourth-order valence-electron chi connectivity index (χ4n) is 1.08. The van der Waals surface area contributed by atoms with Gasteiger partial charge in [-0.3, -0.25) is 0 Å². The largest absolute Gasteiger partial charge is 0.478 e. The van der Waals surface area contributed by atoms with E-state index in [2.05, 4.69) is 0 Å². The van der Waals surface area contributed by atoms with E-state index in [0.717, 1.165) is 0 Å². The van der Waals surface area contributed by atoms with Crippen molar-refractivity contribution in [1.29, 1.82) is 5.26 Å². The molecule has 0 saturated heterocycles. The maximum Gasteiger partial charge on any atom is 0.329 e. The predicted molar refractivity (Wildman–Crippen MR) is 47.5 cm³/mol. The second kappa shape index (κ2) is 4.49. The lowest BCUT2D eigenvalue weighted by atomic mass is 10.1. The molecule has 0 spiro atoms. The van der Waals surface area contributed by atoms with Crippen LogP contribution >= 0.6 is 0 Å². The van der Waals surface area contributed by atoms with Gasteiger partial charge in [0.05, 0.1) is 11.1 Å². The van der Waals surface area contributed by atoms with Crippen molar-refractivity contribution >= 4 is 11.5 Å². The van der Waals surface area contributed by atoms with Crippen molar-refractivity contribution in [3.8, 4) is 6.07 Å². The smallest absolute Gasteiger partial charge is 0.329 e. The highest BCUT2D eigenvalue weighted by molar-refractivity contribution is 5.94. The molecule has 1 N–H and O–H groups in total. The molecule has 0 unspecified atom stereocenters. The lowest BCUT2D eigenvalue weighted by molar-refractivity contribution is -0.131. The first kappa shape index (κ1) is 11.8. The number of rotatable bonds is 2. The lowest BCUT2D eigenvalue weighted by Crippen LogP contribution is -1.98. The van der Waals surface area contributed by atoms with Gasteiger partial charge in [-0.05, 0) is 0 Å². The number of hydrogen-bond acceptors (Lipinski definition) is 2. The molecule has 0 fully saturated rings. The van der Waals surface area contributed by atoms with E-state index in [9.17, 15) is 18.0 Å². The van der Waals surface area contributed by atoms with Gasteiger partial charge in [-0.2, -0.15) is 5.26 Å². The van der Waals surface area contributed by atoms with E-state index in [-0.39, 0.29) is 0 Å². The summed E-state index contributed by atoms with van der Waals surface area (Å²) >= 11 is 0. The highest BCUT2D eigenvalue weighted by Gasteiger charge is 2.16. The molecule has 0 saturated carbocycles. The van der Waals surface area contributed by atoms with E-state index in [1.54, 1.807) is 0 Å².